The van der Waals surface area contributed by atoms with E-state index in [0.717, 1.165) is 12.6 Å². The van der Waals surface area contributed by atoms with Gasteiger partial charge in [0, 0.05) is 23.7 Å². The summed E-state index contributed by atoms with van der Waals surface area (Å²) in [6.45, 7) is 7.37. The van der Waals surface area contributed by atoms with E-state index in [4.69, 9.17) is 14.2 Å². The van der Waals surface area contributed by atoms with Gasteiger partial charge in [-0.15, -0.1) is 0 Å². The fourth-order valence-corrected chi connectivity index (χ4v) is 4.91. The van der Waals surface area contributed by atoms with E-state index in [1.165, 1.54) is 12.1 Å². The fourth-order valence-electron chi connectivity index (χ4n) is 4.91. The van der Waals surface area contributed by atoms with Crippen molar-refractivity contribution in [2.75, 3.05) is 46.3 Å². The van der Waals surface area contributed by atoms with Crippen molar-refractivity contribution in [3.8, 4) is 11.5 Å². The van der Waals surface area contributed by atoms with Crippen LogP contribution in [0.2, 0.25) is 0 Å². The molecule has 0 spiro atoms. The monoisotopic (exact) mass is 538 g/mol. The maximum Gasteiger partial charge on any atom is 0.419 e. The van der Waals surface area contributed by atoms with Gasteiger partial charge in [0.1, 0.15) is 23.9 Å². The molecule has 2 aromatic carbocycles. The zero-order valence-corrected chi connectivity index (χ0v) is 22.4. The second kappa shape index (κ2) is 10.6. The molecule has 0 aromatic heterocycles. The molecule has 0 saturated carbocycles. The Bertz CT molecular complexity index is 1200. The van der Waals surface area contributed by atoms with Gasteiger partial charge in [-0.1, -0.05) is 12.1 Å². The van der Waals surface area contributed by atoms with Crippen molar-refractivity contribution < 1.29 is 31.8 Å². The Labute approximate surface area is 220 Å². The molecular weight excluding hydrogens is 504 g/mol. The molecule has 1 saturated heterocycles. The number of aliphatic imine (C=N–C) groups is 1. The number of nitrogens with one attached hydrogen (secondary N) is 2. The van der Waals surface area contributed by atoms with E-state index in [-0.39, 0.29) is 23.2 Å². The quantitative estimate of drug-likeness (QED) is 0.458. The summed E-state index contributed by atoms with van der Waals surface area (Å²) >= 11 is 0. The molecule has 2 heterocycles. The van der Waals surface area contributed by atoms with Crippen LogP contribution in [0.3, 0.4) is 0 Å². The van der Waals surface area contributed by atoms with E-state index in [2.05, 4.69) is 20.5 Å². The maximum absolute atomic E-state index is 14.8. The lowest BCUT2D eigenvalue weighted by molar-refractivity contribution is -0.167. The lowest BCUT2D eigenvalue weighted by Gasteiger charge is -2.47. The Morgan fingerprint density at radius 2 is 1.92 bits per heavy atom. The lowest BCUT2D eigenvalue weighted by Crippen LogP contribution is -2.57. The Morgan fingerprint density at radius 1 is 1.21 bits per heavy atom. The first-order valence-electron chi connectivity index (χ1n) is 12.4. The Kier molecular flexibility index (Phi) is 7.81. The van der Waals surface area contributed by atoms with Crippen LogP contribution < -0.4 is 20.1 Å². The zero-order valence-electron chi connectivity index (χ0n) is 22.4. The van der Waals surface area contributed by atoms with E-state index in [9.17, 15) is 17.6 Å². The van der Waals surface area contributed by atoms with Crippen LogP contribution in [0.5, 0.6) is 11.5 Å². The molecule has 2 aliphatic heterocycles. The van der Waals surface area contributed by atoms with Crippen LogP contribution in [0.1, 0.15) is 43.5 Å². The summed E-state index contributed by atoms with van der Waals surface area (Å²) in [4.78, 5) is 6.71. The van der Waals surface area contributed by atoms with E-state index < -0.39 is 23.6 Å². The number of nitrogens with zero attached hydrogens (tertiary/aromatic N) is 2. The van der Waals surface area contributed by atoms with Crippen molar-refractivity contribution in [1.82, 2.24) is 10.2 Å². The summed E-state index contributed by atoms with van der Waals surface area (Å²) in [5.41, 5.74) is -0.243. The van der Waals surface area contributed by atoms with E-state index in [1.54, 1.807) is 26.2 Å². The molecule has 3 atom stereocenters. The SMILES string of the molecule is COc1cc2c(cc1O[C@@H](C)C1(CN(C)C)COC1)C(N[C@H](C)c1cccc(C(F)(F)F)c1F)=NC(C)N2. The molecule has 7 nitrogen and oxygen atoms in total. The molecule has 38 heavy (non-hydrogen) atoms. The highest BCUT2D eigenvalue weighted by atomic mass is 19.4. The third-order valence-electron chi connectivity index (χ3n) is 6.98. The summed E-state index contributed by atoms with van der Waals surface area (Å²) < 4.78 is 72.2. The minimum Gasteiger partial charge on any atom is -0.493 e. The Hall–Kier alpha value is -3.05. The number of amidine groups is 1. The first-order valence-corrected chi connectivity index (χ1v) is 12.4. The maximum atomic E-state index is 14.8. The lowest BCUT2D eigenvalue weighted by atomic mass is 9.80. The van der Waals surface area contributed by atoms with Crippen LogP contribution in [-0.4, -0.2) is 64.0 Å². The largest absolute Gasteiger partial charge is 0.493 e. The Morgan fingerprint density at radius 3 is 2.50 bits per heavy atom. The molecule has 4 rings (SSSR count). The number of benzene rings is 2. The average Bonchev–Trinajstić information content (AvgIpc) is 2.80. The van der Waals surface area contributed by atoms with Crippen LogP contribution in [0, 0.1) is 11.2 Å². The Balaban J connectivity index is 1.64. The van der Waals surface area contributed by atoms with Gasteiger partial charge in [-0.2, -0.15) is 13.2 Å². The van der Waals surface area contributed by atoms with Crippen molar-refractivity contribution in [3.05, 3.63) is 52.8 Å². The number of hydrogen-bond donors (Lipinski definition) is 2. The van der Waals surface area contributed by atoms with Crippen molar-refractivity contribution in [3.63, 3.8) is 0 Å². The number of fused-ring (bicyclic) bond motifs is 1. The predicted octanol–water partition coefficient (Wildman–Crippen LogP) is 5.07. The molecule has 0 bridgehead atoms. The molecule has 2 aromatic rings. The highest BCUT2D eigenvalue weighted by Crippen LogP contribution is 2.41. The van der Waals surface area contributed by atoms with Gasteiger partial charge in [-0.05, 0) is 47.0 Å². The number of methoxy groups -OCH3 is 1. The summed E-state index contributed by atoms with van der Waals surface area (Å²) in [6, 6.07) is 6.06. The number of anilines is 1. The van der Waals surface area contributed by atoms with Crippen LogP contribution in [0.15, 0.2) is 35.3 Å². The highest BCUT2D eigenvalue weighted by molar-refractivity contribution is 6.05. The van der Waals surface area contributed by atoms with E-state index in [0.29, 0.717) is 41.8 Å². The van der Waals surface area contributed by atoms with Crippen molar-refractivity contribution in [1.29, 1.82) is 0 Å². The summed E-state index contributed by atoms with van der Waals surface area (Å²) in [5.74, 6) is 0.122. The summed E-state index contributed by atoms with van der Waals surface area (Å²) in [5, 5.41) is 6.38. The molecule has 0 radical (unpaired) electrons. The molecule has 1 unspecified atom stereocenters. The van der Waals surface area contributed by atoms with Gasteiger partial charge in [-0.3, -0.25) is 0 Å². The highest BCUT2D eigenvalue weighted by Gasteiger charge is 2.46. The molecule has 208 valence electrons. The minimum atomic E-state index is -4.79. The minimum absolute atomic E-state index is 0.107. The van der Waals surface area contributed by atoms with Crippen molar-refractivity contribution in [2.45, 2.75) is 45.3 Å². The van der Waals surface area contributed by atoms with Gasteiger partial charge in [0.2, 0.25) is 0 Å². The van der Waals surface area contributed by atoms with Gasteiger partial charge in [0.15, 0.2) is 11.5 Å². The average molecular weight is 539 g/mol. The van der Waals surface area contributed by atoms with Crippen molar-refractivity contribution >= 4 is 11.5 Å². The fraction of sp³-hybridized carbons (Fsp3) is 0.519. The number of ether oxygens (including phenoxy) is 3. The predicted molar refractivity (Wildman–Crippen MR) is 137 cm³/mol. The van der Waals surface area contributed by atoms with Crippen LogP contribution in [0.25, 0.3) is 0 Å². The van der Waals surface area contributed by atoms with Crippen LogP contribution >= 0.6 is 0 Å². The molecule has 0 amide bonds. The third-order valence-corrected chi connectivity index (χ3v) is 6.98. The van der Waals surface area contributed by atoms with Gasteiger partial charge in [0.25, 0.3) is 0 Å². The van der Waals surface area contributed by atoms with Crippen LogP contribution in [0.4, 0.5) is 23.2 Å². The summed E-state index contributed by atoms with van der Waals surface area (Å²) in [6.07, 6.45) is -5.33. The topological polar surface area (TPSA) is 67.3 Å². The molecule has 2 N–H and O–H groups in total. The number of rotatable bonds is 8. The van der Waals surface area contributed by atoms with Crippen molar-refractivity contribution in [2.24, 2.45) is 10.4 Å². The van der Waals surface area contributed by atoms with Gasteiger partial charge in [-0.25, -0.2) is 9.38 Å². The van der Waals surface area contributed by atoms with E-state index in [1.807, 2.05) is 27.9 Å². The van der Waals surface area contributed by atoms with Gasteiger partial charge < -0.3 is 29.7 Å². The molecule has 2 aliphatic rings. The normalized spacial score (nSPS) is 20.0. The standard InChI is InChI=1S/C27H34F4N4O3/c1-15(18-8-7-9-20(24(18)28)27(29,30)31)32-25-19-10-23(22(36-6)11-21(19)33-17(3)34-25)38-16(2)26(12-35(4)5)13-37-14-26/h7-11,15-17,33H,12-14H2,1-6H3,(H,32,34)/t15-,16+,17?/m1/s1. The second-order valence-electron chi connectivity index (χ2n) is 10.3. The number of alkyl halides is 3. The molecule has 1 fully saturated rings. The molecular formula is C27H34F4N4O3. The number of halogens is 4. The summed E-state index contributed by atoms with van der Waals surface area (Å²) in [7, 11) is 5.56. The smallest absolute Gasteiger partial charge is 0.419 e. The zero-order chi connectivity index (χ0) is 27.8. The van der Waals surface area contributed by atoms with E-state index >= 15 is 0 Å². The van der Waals surface area contributed by atoms with Gasteiger partial charge in [0.05, 0.1) is 43.0 Å². The number of hydrogen-bond acceptors (Lipinski definition) is 7. The molecule has 0 aliphatic carbocycles. The van der Waals surface area contributed by atoms with Gasteiger partial charge >= 0.3 is 6.18 Å². The third kappa shape index (κ3) is 5.54. The first-order chi connectivity index (χ1) is 17.8. The second-order valence-corrected chi connectivity index (χ2v) is 10.3. The van der Waals surface area contributed by atoms with Crippen LogP contribution in [-0.2, 0) is 10.9 Å². The first kappa shape index (κ1) is 28.0. The molecule has 11 heteroatoms.